The fourth-order valence-electron chi connectivity index (χ4n) is 2.42. The molecule has 1 fully saturated rings. The first-order chi connectivity index (χ1) is 9.35. The molecule has 1 aromatic rings. The zero-order valence-corrected chi connectivity index (χ0v) is 11.3. The molecule has 2 rings (SSSR count). The van der Waals surface area contributed by atoms with Crippen LogP contribution in [0.2, 0.25) is 0 Å². The molecule has 1 saturated heterocycles. The first kappa shape index (κ1) is 13.7. The minimum absolute atomic E-state index is 0.0509. The molecule has 0 aromatic heterocycles. The maximum Gasteiger partial charge on any atom is 0.161 e. The van der Waals surface area contributed by atoms with Crippen molar-refractivity contribution >= 4 is 0 Å². The number of para-hydroxylation sites is 2. The predicted molar refractivity (Wildman–Crippen MR) is 73.3 cm³/mol. The third-order valence-electron chi connectivity index (χ3n) is 3.47. The van der Waals surface area contributed by atoms with E-state index in [9.17, 15) is 0 Å². The van der Waals surface area contributed by atoms with E-state index < -0.39 is 0 Å². The van der Waals surface area contributed by atoms with E-state index in [2.05, 4.69) is 11.0 Å². The molecule has 102 valence electrons. The minimum atomic E-state index is 0.0509. The average molecular weight is 260 g/mol. The Morgan fingerprint density at radius 1 is 1.32 bits per heavy atom. The van der Waals surface area contributed by atoms with Crippen molar-refractivity contribution in [1.82, 2.24) is 4.90 Å². The number of rotatable bonds is 5. The highest BCUT2D eigenvalue weighted by Gasteiger charge is 2.21. The van der Waals surface area contributed by atoms with Crippen molar-refractivity contribution in [3.63, 3.8) is 0 Å². The fourth-order valence-corrected chi connectivity index (χ4v) is 2.42. The lowest BCUT2D eigenvalue weighted by Crippen LogP contribution is -2.40. The van der Waals surface area contributed by atoms with Gasteiger partial charge < -0.3 is 9.47 Å². The molecule has 0 N–H and O–H groups in total. The Bertz CT molecular complexity index is 442. The van der Waals surface area contributed by atoms with Gasteiger partial charge in [-0.05, 0) is 37.9 Å². The van der Waals surface area contributed by atoms with Crippen LogP contribution in [0.5, 0.6) is 11.5 Å². The van der Waals surface area contributed by atoms with Gasteiger partial charge in [0.2, 0.25) is 0 Å². The minimum Gasteiger partial charge on any atom is -0.493 e. The quantitative estimate of drug-likeness (QED) is 0.815. The van der Waals surface area contributed by atoms with Gasteiger partial charge in [-0.3, -0.25) is 4.90 Å². The molecule has 1 aliphatic heterocycles. The van der Waals surface area contributed by atoms with E-state index in [-0.39, 0.29) is 6.04 Å². The molecule has 4 nitrogen and oxygen atoms in total. The van der Waals surface area contributed by atoms with Gasteiger partial charge >= 0.3 is 0 Å². The number of nitriles is 1. The summed E-state index contributed by atoms with van der Waals surface area (Å²) in [6.07, 6.45) is 3.31. The smallest absolute Gasteiger partial charge is 0.161 e. The number of hydrogen-bond acceptors (Lipinski definition) is 4. The zero-order valence-electron chi connectivity index (χ0n) is 11.3. The average Bonchev–Trinajstić information content (AvgIpc) is 2.48. The number of ether oxygens (including phenoxy) is 2. The van der Waals surface area contributed by atoms with Gasteiger partial charge in [-0.25, -0.2) is 0 Å². The molecule has 0 radical (unpaired) electrons. The Morgan fingerprint density at radius 2 is 2.11 bits per heavy atom. The van der Waals surface area contributed by atoms with E-state index >= 15 is 0 Å². The Kier molecular flexibility index (Phi) is 5.05. The first-order valence-electron chi connectivity index (χ1n) is 6.74. The third-order valence-corrected chi connectivity index (χ3v) is 3.47. The number of methoxy groups -OCH3 is 1. The lowest BCUT2D eigenvalue weighted by atomic mass is 10.0. The summed E-state index contributed by atoms with van der Waals surface area (Å²) < 4.78 is 11.0. The highest BCUT2D eigenvalue weighted by Crippen LogP contribution is 2.25. The van der Waals surface area contributed by atoms with E-state index in [0.717, 1.165) is 37.4 Å². The molecule has 0 aliphatic carbocycles. The van der Waals surface area contributed by atoms with Gasteiger partial charge in [-0.2, -0.15) is 5.26 Å². The van der Waals surface area contributed by atoms with Crippen LogP contribution >= 0.6 is 0 Å². The van der Waals surface area contributed by atoms with Crippen molar-refractivity contribution in [1.29, 1.82) is 5.26 Å². The van der Waals surface area contributed by atoms with Crippen LogP contribution in [0.1, 0.15) is 19.3 Å². The lowest BCUT2D eigenvalue weighted by molar-refractivity contribution is 0.150. The normalized spacial score (nSPS) is 19.7. The molecule has 1 aliphatic rings. The van der Waals surface area contributed by atoms with Crippen LogP contribution in [0.3, 0.4) is 0 Å². The van der Waals surface area contributed by atoms with Gasteiger partial charge in [0.15, 0.2) is 11.5 Å². The van der Waals surface area contributed by atoms with Gasteiger partial charge in [0.1, 0.15) is 6.61 Å². The zero-order chi connectivity index (χ0) is 13.5. The number of piperidine rings is 1. The van der Waals surface area contributed by atoms with Gasteiger partial charge in [0, 0.05) is 6.54 Å². The summed E-state index contributed by atoms with van der Waals surface area (Å²) in [5, 5.41) is 9.11. The van der Waals surface area contributed by atoms with Crippen molar-refractivity contribution in [2.75, 3.05) is 26.8 Å². The van der Waals surface area contributed by atoms with Crippen molar-refractivity contribution < 1.29 is 9.47 Å². The second-order valence-corrected chi connectivity index (χ2v) is 4.68. The molecule has 1 unspecified atom stereocenters. The standard InChI is InChI=1S/C15H20N2O2/c1-18-14-7-2-3-8-15(14)19-11-10-17-9-5-4-6-13(17)12-16/h2-3,7-8,13H,4-6,9-11H2,1H3. The molecule has 4 heteroatoms. The maximum atomic E-state index is 9.11. The van der Waals surface area contributed by atoms with Gasteiger partial charge in [-0.15, -0.1) is 0 Å². The van der Waals surface area contributed by atoms with Crippen molar-refractivity contribution in [2.24, 2.45) is 0 Å². The van der Waals surface area contributed by atoms with Crippen LogP contribution in [0.15, 0.2) is 24.3 Å². The number of nitrogens with zero attached hydrogens (tertiary/aromatic N) is 2. The predicted octanol–water partition coefficient (Wildman–Crippen LogP) is 2.45. The van der Waals surface area contributed by atoms with Crippen LogP contribution in [0.4, 0.5) is 0 Å². The summed E-state index contributed by atoms with van der Waals surface area (Å²) in [6.45, 7) is 2.36. The summed E-state index contributed by atoms with van der Waals surface area (Å²) in [5.41, 5.74) is 0. The van der Waals surface area contributed by atoms with Gasteiger partial charge in [0.05, 0.1) is 19.2 Å². The fraction of sp³-hybridized carbons (Fsp3) is 0.533. The van der Waals surface area contributed by atoms with E-state index in [1.165, 1.54) is 6.42 Å². The summed E-state index contributed by atoms with van der Waals surface area (Å²) >= 11 is 0. The first-order valence-corrected chi connectivity index (χ1v) is 6.74. The van der Waals surface area contributed by atoms with E-state index in [1.807, 2.05) is 24.3 Å². The monoisotopic (exact) mass is 260 g/mol. The van der Waals surface area contributed by atoms with Crippen LogP contribution < -0.4 is 9.47 Å². The molecule has 0 spiro atoms. The molecule has 0 amide bonds. The summed E-state index contributed by atoms with van der Waals surface area (Å²) in [6, 6.07) is 10.1. The van der Waals surface area contributed by atoms with Crippen molar-refractivity contribution in [3.8, 4) is 17.6 Å². The van der Waals surface area contributed by atoms with E-state index in [4.69, 9.17) is 14.7 Å². The van der Waals surface area contributed by atoms with E-state index in [1.54, 1.807) is 7.11 Å². The van der Waals surface area contributed by atoms with Gasteiger partial charge in [-0.1, -0.05) is 12.1 Å². The van der Waals surface area contributed by atoms with Crippen molar-refractivity contribution in [3.05, 3.63) is 24.3 Å². The van der Waals surface area contributed by atoms with Gasteiger partial charge in [0.25, 0.3) is 0 Å². The molecular formula is C15H20N2O2. The number of likely N-dealkylation sites (tertiary alicyclic amines) is 1. The Morgan fingerprint density at radius 3 is 2.84 bits per heavy atom. The molecule has 1 atom stereocenters. The third kappa shape index (κ3) is 3.62. The van der Waals surface area contributed by atoms with Crippen LogP contribution in [0.25, 0.3) is 0 Å². The highest BCUT2D eigenvalue weighted by atomic mass is 16.5. The second-order valence-electron chi connectivity index (χ2n) is 4.68. The van der Waals surface area contributed by atoms with Crippen molar-refractivity contribution in [2.45, 2.75) is 25.3 Å². The lowest BCUT2D eigenvalue weighted by Gasteiger charge is -2.31. The number of benzene rings is 1. The second kappa shape index (κ2) is 7.01. The Labute approximate surface area is 114 Å². The highest BCUT2D eigenvalue weighted by molar-refractivity contribution is 5.39. The molecule has 1 aromatic carbocycles. The summed E-state index contributed by atoms with van der Waals surface area (Å²) in [5.74, 6) is 1.51. The van der Waals surface area contributed by atoms with Crippen LogP contribution in [-0.2, 0) is 0 Å². The largest absolute Gasteiger partial charge is 0.493 e. The SMILES string of the molecule is COc1ccccc1OCCN1CCCCC1C#N. The van der Waals surface area contributed by atoms with Crippen LogP contribution in [0, 0.1) is 11.3 Å². The maximum absolute atomic E-state index is 9.11. The van der Waals surface area contributed by atoms with Crippen LogP contribution in [-0.4, -0.2) is 37.7 Å². The molecule has 0 bridgehead atoms. The molecule has 19 heavy (non-hydrogen) atoms. The number of hydrogen-bond donors (Lipinski definition) is 0. The molecule has 1 heterocycles. The summed E-state index contributed by atoms with van der Waals surface area (Å²) in [4.78, 5) is 2.21. The summed E-state index contributed by atoms with van der Waals surface area (Å²) in [7, 11) is 1.64. The Hall–Kier alpha value is -1.73. The van der Waals surface area contributed by atoms with E-state index in [0.29, 0.717) is 6.61 Å². The molecule has 0 saturated carbocycles. The topological polar surface area (TPSA) is 45.5 Å². The Balaban J connectivity index is 1.84. The molecular weight excluding hydrogens is 240 g/mol.